The maximum absolute atomic E-state index is 13.0. The summed E-state index contributed by atoms with van der Waals surface area (Å²) in [6.07, 6.45) is 0.162. The van der Waals surface area contributed by atoms with Crippen molar-refractivity contribution in [2.45, 2.75) is 31.6 Å². The van der Waals surface area contributed by atoms with Gasteiger partial charge in [-0.05, 0) is 29.7 Å². The Kier molecular flexibility index (Phi) is 6.98. The number of nitrogens with one attached hydrogen (secondary N) is 1. The zero-order chi connectivity index (χ0) is 22.5. The highest BCUT2D eigenvalue weighted by molar-refractivity contribution is 6.36. The summed E-state index contributed by atoms with van der Waals surface area (Å²) in [4.78, 5) is 25.8. The summed E-state index contributed by atoms with van der Waals surface area (Å²) in [5.41, 5.74) is 2.84. The number of ether oxygens (including phenoxy) is 2. The van der Waals surface area contributed by atoms with Crippen molar-refractivity contribution in [3.8, 4) is 0 Å². The van der Waals surface area contributed by atoms with Gasteiger partial charge in [-0.25, -0.2) is 4.79 Å². The molecule has 1 aliphatic heterocycles. The van der Waals surface area contributed by atoms with Gasteiger partial charge in [-0.2, -0.15) is 0 Å². The van der Waals surface area contributed by atoms with Crippen molar-refractivity contribution < 1.29 is 19.1 Å². The Hall–Kier alpha value is -3.02. The molecule has 0 saturated heterocycles. The van der Waals surface area contributed by atoms with Crippen LogP contribution in [0.1, 0.15) is 29.0 Å². The lowest BCUT2D eigenvalue weighted by atomic mass is 9.86. The number of fused-ring (bicyclic) bond motifs is 1. The molecule has 5 nitrogen and oxygen atoms in total. The molecule has 0 bridgehead atoms. The molecule has 164 valence electrons. The molecule has 3 aromatic carbocycles. The van der Waals surface area contributed by atoms with Gasteiger partial charge in [-0.3, -0.25) is 4.79 Å². The zero-order valence-electron chi connectivity index (χ0n) is 17.1. The smallest absolute Gasteiger partial charge is 0.328 e. The van der Waals surface area contributed by atoms with E-state index in [2.05, 4.69) is 5.32 Å². The lowest BCUT2D eigenvalue weighted by Crippen LogP contribution is -2.39. The molecule has 1 N–H and O–H groups in total. The molecular formula is C25H21Cl2NO4. The van der Waals surface area contributed by atoms with E-state index in [9.17, 15) is 9.59 Å². The number of anilines is 1. The Bertz CT molecular complexity index is 1110. The summed E-state index contributed by atoms with van der Waals surface area (Å²) < 4.78 is 11.0. The van der Waals surface area contributed by atoms with E-state index in [0.29, 0.717) is 21.3 Å². The molecule has 0 amide bonds. The zero-order valence-corrected chi connectivity index (χ0v) is 18.6. The predicted molar refractivity (Wildman–Crippen MR) is 124 cm³/mol. The maximum Gasteiger partial charge on any atom is 0.328 e. The van der Waals surface area contributed by atoms with Crippen molar-refractivity contribution in [3.63, 3.8) is 0 Å². The summed E-state index contributed by atoms with van der Waals surface area (Å²) in [5, 5.41) is 3.87. The van der Waals surface area contributed by atoms with Crippen LogP contribution in [-0.4, -0.2) is 18.0 Å². The third-order valence-electron chi connectivity index (χ3n) is 5.26. The minimum atomic E-state index is -0.741. The van der Waals surface area contributed by atoms with E-state index in [4.69, 9.17) is 32.7 Å². The van der Waals surface area contributed by atoms with Crippen LogP contribution >= 0.6 is 23.2 Å². The molecule has 0 radical (unpaired) electrons. The van der Waals surface area contributed by atoms with Crippen LogP contribution in [-0.2, 0) is 32.3 Å². The first-order valence-corrected chi connectivity index (χ1v) is 10.9. The van der Waals surface area contributed by atoms with E-state index >= 15 is 0 Å². The van der Waals surface area contributed by atoms with Crippen LogP contribution in [0.3, 0.4) is 0 Å². The number of halogens is 2. The number of benzene rings is 3. The molecule has 0 aromatic heterocycles. The standard InChI is InChI=1S/C25H21Cl2NO4/c26-18-11-20(27)23-19(24(29)31-14-16-7-3-1-4-8-16)13-22(28-21(23)12-18)25(30)32-15-17-9-5-2-6-10-17/h1-12,19,22,28H,13-15H2/t19-,22-/m0/s1. The third kappa shape index (κ3) is 5.23. The summed E-state index contributed by atoms with van der Waals surface area (Å²) in [7, 11) is 0. The highest BCUT2D eigenvalue weighted by Crippen LogP contribution is 2.42. The fourth-order valence-electron chi connectivity index (χ4n) is 3.69. The fourth-order valence-corrected chi connectivity index (χ4v) is 4.31. The number of esters is 2. The molecule has 2 atom stereocenters. The van der Waals surface area contributed by atoms with Crippen molar-refractivity contribution >= 4 is 40.8 Å². The van der Waals surface area contributed by atoms with Gasteiger partial charge in [0.2, 0.25) is 0 Å². The minimum absolute atomic E-state index is 0.132. The van der Waals surface area contributed by atoms with Gasteiger partial charge in [0.15, 0.2) is 0 Å². The Morgan fingerprint density at radius 3 is 2.00 bits per heavy atom. The molecule has 1 heterocycles. The number of rotatable bonds is 6. The van der Waals surface area contributed by atoms with Crippen LogP contribution < -0.4 is 5.32 Å². The molecule has 0 aliphatic carbocycles. The highest BCUT2D eigenvalue weighted by atomic mass is 35.5. The quantitative estimate of drug-likeness (QED) is 0.465. The van der Waals surface area contributed by atoms with Crippen LogP contribution in [0, 0.1) is 0 Å². The van der Waals surface area contributed by atoms with Crippen molar-refractivity contribution in [2.24, 2.45) is 0 Å². The SMILES string of the molecule is O=C(OCc1ccccc1)[C@@H]1C[C@H](C(=O)OCc2ccccc2)c2c(Cl)cc(Cl)cc2N1. The number of carbonyl (C=O) groups excluding carboxylic acids is 2. The summed E-state index contributed by atoms with van der Waals surface area (Å²) in [5.74, 6) is -1.65. The molecule has 32 heavy (non-hydrogen) atoms. The predicted octanol–water partition coefficient (Wildman–Crippen LogP) is 5.75. The molecule has 4 rings (SSSR count). The van der Waals surface area contributed by atoms with Crippen LogP contribution in [0.15, 0.2) is 72.8 Å². The van der Waals surface area contributed by atoms with E-state index in [0.717, 1.165) is 11.1 Å². The number of hydrogen-bond donors (Lipinski definition) is 1. The largest absolute Gasteiger partial charge is 0.460 e. The normalized spacial score (nSPS) is 17.1. The summed E-state index contributed by atoms with van der Waals surface area (Å²) >= 11 is 12.6. The highest BCUT2D eigenvalue weighted by Gasteiger charge is 2.38. The molecule has 3 aromatic rings. The third-order valence-corrected chi connectivity index (χ3v) is 5.79. The Morgan fingerprint density at radius 1 is 0.844 bits per heavy atom. The molecule has 0 fully saturated rings. The second-order valence-electron chi connectivity index (χ2n) is 7.52. The van der Waals surface area contributed by atoms with Gasteiger partial charge in [-0.1, -0.05) is 83.9 Å². The van der Waals surface area contributed by atoms with Gasteiger partial charge in [0, 0.05) is 21.3 Å². The van der Waals surface area contributed by atoms with E-state index < -0.39 is 23.9 Å². The first-order chi connectivity index (χ1) is 15.5. The molecule has 0 saturated carbocycles. The Balaban J connectivity index is 1.52. The van der Waals surface area contributed by atoms with Crippen molar-refractivity contribution in [1.29, 1.82) is 0 Å². The van der Waals surface area contributed by atoms with Crippen molar-refractivity contribution in [1.82, 2.24) is 0 Å². The molecule has 0 spiro atoms. The van der Waals surface area contributed by atoms with Crippen molar-refractivity contribution in [2.75, 3.05) is 5.32 Å². The first kappa shape index (κ1) is 22.2. The van der Waals surface area contributed by atoms with Gasteiger partial charge in [0.05, 0.1) is 5.92 Å². The minimum Gasteiger partial charge on any atom is -0.460 e. The van der Waals surface area contributed by atoms with Crippen LogP contribution in [0.25, 0.3) is 0 Å². The molecule has 1 aliphatic rings. The fraction of sp³-hybridized carbons (Fsp3) is 0.200. The second-order valence-corrected chi connectivity index (χ2v) is 8.36. The van der Waals surface area contributed by atoms with Gasteiger partial charge < -0.3 is 14.8 Å². The number of hydrogen-bond acceptors (Lipinski definition) is 5. The van der Waals surface area contributed by atoms with Gasteiger partial charge in [0.25, 0.3) is 0 Å². The summed E-state index contributed by atoms with van der Waals surface area (Å²) in [6.45, 7) is 0.275. The van der Waals surface area contributed by atoms with Gasteiger partial charge >= 0.3 is 11.9 Å². The molecule has 7 heteroatoms. The topological polar surface area (TPSA) is 64.6 Å². The van der Waals surface area contributed by atoms with E-state index in [1.807, 2.05) is 60.7 Å². The van der Waals surface area contributed by atoms with Crippen molar-refractivity contribution in [3.05, 3.63) is 99.5 Å². The van der Waals surface area contributed by atoms with Gasteiger partial charge in [0.1, 0.15) is 19.3 Å². The Labute approximate surface area is 196 Å². The Morgan fingerprint density at radius 2 is 1.41 bits per heavy atom. The average Bonchev–Trinajstić information content (AvgIpc) is 2.81. The van der Waals surface area contributed by atoms with E-state index in [1.54, 1.807) is 12.1 Å². The maximum atomic E-state index is 13.0. The summed E-state index contributed by atoms with van der Waals surface area (Å²) in [6, 6.07) is 21.3. The van der Waals surface area contributed by atoms with E-state index in [1.165, 1.54) is 0 Å². The number of carbonyl (C=O) groups is 2. The monoisotopic (exact) mass is 469 g/mol. The lowest BCUT2D eigenvalue weighted by Gasteiger charge is -2.31. The average molecular weight is 470 g/mol. The van der Waals surface area contributed by atoms with Crippen LogP contribution in [0.4, 0.5) is 5.69 Å². The van der Waals surface area contributed by atoms with Crippen LogP contribution in [0.2, 0.25) is 10.0 Å². The van der Waals surface area contributed by atoms with E-state index in [-0.39, 0.29) is 19.6 Å². The lowest BCUT2D eigenvalue weighted by molar-refractivity contribution is -0.149. The molecular weight excluding hydrogens is 449 g/mol. The molecule has 0 unspecified atom stereocenters. The second kappa shape index (κ2) is 10.1. The first-order valence-electron chi connectivity index (χ1n) is 10.2. The van der Waals surface area contributed by atoms with Gasteiger partial charge in [-0.15, -0.1) is 0 Å². The van der Waals surface area contributed by atoms with Crippen LogP contribution in [0.5, 0.6) is 0 Å².